The molecule has 1 N–H and O–H groups in total. The first-order chi connectivity index (χ1) is 11.6. The normalized spacial score (nSPS) is 17.8. The predicted octanol–water partition coefficient (Wildman–Crippen LogP) is 2.88. The Bertz CT molecular complexity index is 687. The van der Waals surface area contributed by atoms with Crippen LogP contribution in [0.15, 0.2) is 42.6 Å². The van der Waals surface area contributed by atoms with Gasteiger partial charge in [0.1, 0.15) is 5.82 Å². The fourth-order valence-electron chi connectivity index (χ4n) is 3.05. The van der Waals surface area contributed by atoms with Crippen LogP contribution in [0.3, 0.4) is 0 Å². The standard InChI is InChI=1S/C19H24N4O/c1-14(2)21-19(24)16-9-6-12-23(13-16)17-10-11-20-18(22-17)15-7-4-3-5-8-15/h3-5,7-8,10-11,14,16H,6,9,12-13H2,1-2H3,(H,21,24). The molecule has 3 rings (SSSR count). The van der Waals surface area contributed by atoms with Crippen molar-refractivity contribution < 1.29 is 4.79 Å². The SMILES string of the molecule is CC(C)NC(=O)C1CCCN(c2ccnc(-c3ccccc3)n2)C1. The Morgan fingerprint density at radius 1 is 1.25 bits per heavy atom. The summed E-state index contributed by atoms with van der Waals surface area (Å²) in [4.78, 5) is 23.6. The van der Waals surface area contributed by atoms with Crippen LogP contribution in [0.2, 0.25) is 0 Å². The number of hydrogen-bond acceptors (Lipinski definition) is 4. The quantitative estimate of drug-likeness (QED) is 0.939. The van der Waals surface area contributed by atoms with Crippen LogP contribution < -0.4 is 10.2 Å². The van der Waals surface area contributed by atoms with E-state index >= 15 is 0 Å². The Balaban J connectivity index is 1.75. The van der Waals surface area contributed by atoms with Crippen LogP contribution >= 0.6 is 0 Å². The lowest BCUT2D eigenvalue weighted by atomic mass is 9.97. The number of aromatic nitrogens is 2. The second-order valence-electron chi connectivity index (χ2n) is 6.55. The van der Waals surface area contributed by atoms with Gasteiger partial charge in [-0.2, -0.15) is 0 Å². The molecule has 0 radical (unpaired) electrons. The third kappa shape index (κ3) is 3.91. The van der Waals surface area contributed by atoms with E-state index in [2.05, 4.69) is 15.2 Å². The minimum atomic E-state index is 0.0243. The molecule has 5 nitrogen and oxygen atoms in total. The van der Waals surface area contributed by atoms with E-state index in [4.69, 9.17) is 4.98 Å². The molecule has 2 heterocycles. The number of anilines is 1. The Morgan fingerprint density at radius 3 is 2.79 bits per heavy atom. The number of amides is 1. The molecule has 1 saturated heterocycles. The highest BCUT2D eigenvalue weighted by Crippen LogP contribution is 2.23. The largest absolute Gasteiger partial charge is 0.356 e. The Morgan fingerprint density at radius 2 is 2.04 bits per heavy atom. The molecular formula is C19H24N4O. The Labute approximate surface area is 143 Å². The van der Waals surface area contributed by atoms with Crippen molar-refractivity contribution in [2.45, 2.75) is 32.7 Å². The van der Waals surface area contributed by atoms with E-state index < -0.39 is 0 Å². The van der Waals surface area contributed by atoms with Gasteiger partial charge in [0.2, 0.25) is 5.91 Å². The monoisotopic (exact) mass is 324 g/mol. The summed E-state index contributed by atoms with van der Waals surface area (Å²) in [6.45, 7) is 5.63. The average Bonchev–Trinajstić information content (AvgIpc) is 2.62. The maximum absolute atomic E-state index is 12.3. The fraction of sp³-hybridized carbons (Fsp3) is 0.421. The fourth-order valence-corrected chi connectivity index (χ4v) is 3.05. The van der Waals surface area contributed by atoms with Crippen LogP contribution in [0.1, 0.15) is 26.7 Å². The van der Waals surface area contributed by atoms with Crippen LogP contribution in [0.5, 0.6) is 0 Å². The van der Waals surface area contributed by atoms with Gasteiger partial charge < -0.3 is 10.2 Å². The van der Waals surface area contributed by atoms with Crippen molar-refractivity contribution in [1.29, 1.82) is 0 Å². The van der Waals surface area contributed by atoms with Crippen molar-refractivity contribution in [3.8, 4) is 11.4 Å². The molecule has 1 aromatic heterocycles. The van der Waals surface area contributed by atoms with E-state index in [0.29, 0.717) is 6.54 Å². The highest BCUT2D eigenvalue weighted by atomic mass is 16.2. The van der Waals surface area contributed by atoms with Crippen molar-refractivity contribution in [3.05, 3.63) is 42.6 Å². The van der Waals surface area contributed by atoms with Crippen LogP contribution in [-0.2, 0) is 4.79 Å². The third-order valence-corrected chi connectivity index (χ3v) is 4.22. The summed E-state index contributed by atoms with van der Waals surface area (Å²) in [5, 5.41) is 3.02. The smallest absolute Gasteiger partial charge is 0.225 e. The molecule has 1 fully saturated rings. The van der Waals surface area contributed by atoms with Crippen molar-refractivity contribution in [2.24, 2.45) is 5.92 Å². The first-order valence-electron chi connectivity index (χ1n) is 8.57. The number of piperidine rings is 1. The first-order valence-corrected chi connectivity index (χ1v) is 8.57. The number of hydrogen-bond donors (Lipinski definition) is 1. The number of nitrogens with one attached hydrogen (secondary N) is 1. The second kappa shape index (κ2) is 7.43. The molecule has 1 aromatic carbocycles. The van der Waals surface area contributed by atoms with E-state index in [1.54, 1.807) is 6.20 Å². The number of rotatable bonds is 4. The molecular weight excluding hydrogens is 300 g/mol. The molecule has 0 aliphatic carbocycles. The molecule has 0 saturated carbocycles. The van der Waals surface area contributed by atoms with Gasteiger partial charge in [-0.15, -0.1) is 0 Å². The van der Waals surface area contributed by atoms with Gasteiger partial charge in [0.15, 0.2) is 5.82 Å². The minimum Gasteiger partial charge on any atom is -0.356 e. The lowest BCUT2D eigenvalue weighted by Crippen LogP contribution is -2.45. The maximum atomic E-state index is 12.3. The van der Waals surface area contributed by atoms with E-state index in [-0.39, 0.29) is 17.9 Å². The number of nitrogens with zero attached hydrogens (tertiary/aromatic N) is 3. The van der Waals surface area contributed by atoms with Crippen molar-refractivity contribution in [2.75, 3.05) is 18.0 Å². The van der Waals surface area contributed by atoms with E-state index in [1.807, 2.05) is 50.2 Å². The molecule has 1 aliphatic heterocycles. The topological polar surface area (TPSA) is 58.1 Å². The summed E-state index contributed by atoms with van der Waals surface area (Å²) >= 11 is 0. The van der Waals surface area contributed by atoms with Gasteiger partial charge in [-0.25, -0.2) is 9.97 Å². The second-order valence-corrected chi connectivity index (χ2v) is 6.55. The third-order valence-electron chi connectivity index (χ3n) is 4.22. The summed E-state index contributed by atoms with van der Waals surface area (Å²) in [5.74, 6) is 1.79. The van der Waals surface area contributed by atoms with Gasteiger partial charge in [-0.1, -0.05) is 30.3 Å². The highest BCUT2D eigenvalue weighted by Gasteiger charge is 2.27. The van der Waals surface area contributed by atoms with E-state index in [1.165, 1.54) is 0 Å². The van der Waals surface area contributed by atoms with Crippen molar-refractivity contribution in [1.82, 2.24) is 15.3 Å². The zero-order chi connectivity index (χ0) is 16.9. The first kappa shape index (κ1) is 16.4. The number of carbonyl (C=O) groups is 1. The van der Waals surface area contributed by atoms with Gasteiger partial charge >= 0.3 is 0 Å². The van der Waals surface area contributed by atoms with Gasteiger partial charge in [0, 0.05) is 30.9 Å². The van der Waals surface area contributed by atoms with E-state index in [0.717, 1.165) is 36.6 Å². The predicted molar refractivity (Wildman–Crippen MR) is 95.7 cm³/mol. The summed E-state index contributed by atoms with van der Waals surface area (Å²) in [6.07, 6.45) is 3.73. The molecule has 5 heteroatoms. The summed E-state index contributed by atoms with van der Waals surface area (Å²) in [5.41, 5.74) is 1.01. The average molecular weight is 324 g/mol. The molecule has 24 heavy (non-hydrogen) atoms. The highest BCUT2D eigenvalue weighted by molar-refractivity contribution is 5.79. The molecule has 1 unspecified atom stereocenters. The molecule has 1 atom stereocenters. The molecule has 2 aromatic rings. The van der Waals surface area contributed by atoms with Crippen molar-refractivity contribution >= 4 is 11.7 Å². The maximum Gasteiger partial charge on any atom is 0.225 e. The van der Waals surface area contributed by atoms with Gasteiger partial charge in [-0.05, 0) is 32.8 Å². The molecule has 126 valence electrons. The molecule has 0 spiro atoms. The van der Waals surface area contributed by atoms with Crippen LogP contribution in [0.25, 0.3) is 11.4 Å². The Hall–Kier alpha value is -2.43. The van der Waals surface area contributed by atoms with Crippen LogP contribution in [0, 0.1) is 5.92 Å². The summed E-state index contributed by atoms with van der Waals surface area (Å²) in [6, 6.07) is 12.1. The molecule has 1 aliphatic rings. The molecule has 1 amide bonds. The van der Waals surface area contributed by atoms with Gasteiger partial charge in [0.25, 0.3) is 0 Å². The van der Waals surface area contributed by atoms with Gasteiger partial charge in [-0.3, -0.25) is 4.79 Å². The van der Waals surface area contributed by atoms with E-state index in [9.17, 15) is 4.79 Å². The zero-order valence-corrected chi connectivity index (χ0v) is 14.3. The summed E-state index contributed by atoms with van der Waals surface area (Å²) in [7, 11) is 0. The Kier molecular flexibility index (Phi) is 5.08. The molecule has 0 bridgehead atoms. The lowest BCUT2D eigenvalue weighted by molar-refractivity contribution is -0.125. The van der Waals surface area contributed by atoms with Crippen LogP contribution in [0.4, 0.5) is 5.82 Å². The summed E-state index contributed by atoms with van der Waals surface area (Å²) < 4.78 is 0. The van der Waals surface area contributed by atoms with Crippen molar-refractivity contribution in [3.63, 3.8) is 0 Å². The van der Waals surface area contributed by atoms with Gasteiger partial charge in [0.05, 0.1) is 5.92 Å². The number of carbonyl (C=O) groups excluding carboxylic acids is 1. The number of benzene rings is 1. The van der Waals surface area contributed by atoms with Crippen LogP contribution in [-0.4, -0.2) is 35.0 Å². The zero-order valence-electron chi connectivity index (χ0n) is 14.3. The minimum absolute atomic E-state index is 0.0243. The lowest BCUT2D eigenvalue weighted by Gasteiger charge is -2.33.